The third kappa shape index (κ3) is 8.91. The lowest BCUT2D eigenvalue weighted by Gasteiger charge is -2.35. The molecular formula is C18H31ClIN5O3S. The summed E-state index contributed by atoms with van der Waals surface area (Å²) in [6.45, 7) is 6.83. The second kappa shape index (κ2) is 12.9. The molecule has 0 saturated carbocycles. The maximum absolute atomic E-state index is 12.4. The molecule has 0 bridgehead atoms. The van der Waals surface area contributed by atoms with Crippen LogP contribution in [0.4, 0.5) is 0 Å². The van der Waals surface area contributed by atoms with Crippen molar-refractivity contribution in [1.29, 1.82) is 0 Å². The Labute approximate surface area is 196 Å². The fraction of sp³-hybridized carbons (Fsp3) is 0.667. The van der Waals surface area contributed by atoms with Crippen LogP contribution >= 0.6 is 35.6 Å². The van der Waals surface area contributed by atoms with E-state index >= 15 is 0 Å². The number of guanidine groups is 1. The maximum Gasteiger partial charge on any atom is 0.216 e. The highest BCUT2D eigenvalue weighted by molar-refractivity contribution is 14.0. The van der Waals surface area contributed by atoms with Gasteiger partial charge in [-0.3, -0.25) is 4.99 Å². The van der Waals surface area contributed by atoms with Crippen LogP contribution in [0.2, 0.25) is 5.15 Å². The Kier molecular flexibility index (Phi) is 11.7. The van der Waals surface area contributed by atoms with Gasteiger partial charge in [-0.25, -0.2) is 13.4 Å². The molecule has 1 aliphatic rings. The average molecular weight is 560 g/mol. The second-order valence-electron chi connectivity index (χ2n) is 6.83. The molecule has 0 spiro atoms. The molecule has 0 radical (unpaired) electrons. The smallest absolute Gasteiger partial charge is 0.216 e. The summed E-state index contributed by atoms with van der Waals surface area (Å²) in [4.78, 5) is 10.5. The van der Waals surface area contributed by atoms with Gasteiger partial charge < -0.3 is 15.0 Å². The molecule has 1 N–H and O–H groups in total. The lowest BCUT2D eigenvalue weighted by Crippen LogP contribution is -2.54. The monoisotopic (exact) mass is 559 g/mol. The first-order valence-electron chi connectivity index (χ1n) is 9.47. The van der Waals surface area contributed by atoms with E-state index in [1.807, 2.05) is 19.9 Å². The Hall–Kier alpha value is -0.690. The molecule has 1 saturated heterocycles. The highest BCUT2D eigenvalue weighted by Crippen LogP contribution is 2.09. The third-order valence-electron chi connectivity index (χ3n) is 4.42. The molecule has 2 rings (SSSR count). The van der Waals surface area contributed by atoms with E-state index in [0.29, 0.717) is 37.9 Å². The number of nitrogens with zero attached hydrogens (tertiary/aromatic N) is 4. The number of ether oxygens (including phenoxy) is 1. The molecule has 0 aromatic carbocycles. The van der Waals surface area contributed by atoms with E-state index in [1.54, 1.807) is 23.6 Å². The van der Waals surface area contributed by atoms with E-state index in [0.717, 1.165) is 17.9 Å². The lowest BCUT2D eigenvalue weighted by atomic mass is 10.2. The maximum atomic E-state index is 12.4. The molecule has 29 heavy (non-hydrogen) atoms. The molecule has 1 aliphatic heterocycles. The topological polar surface area (TPSA) is 87.1 Å². The van der Waals surface area contributed by atoms with Crippen LogP contribution in [0.1, 0.15) is 19.4 Å². The highest BCUT2D eigenvalue weighted by atomic mass is 127. The minimum atomic E-state index is -3.29. The Morgan fingerprint density at radius 1 is 1.31 bits per heavy atom. The first-order chi connectivity index (χ1) is 13.3. The number of aliphatic imine (C=N–C) groups is 1. The zero-order chi connectivity index (χ0) is 20.6. The number of sulfonamides is 1. The summed E-state index contributed by atoms with van der Waals surface area (Å²) in [5, 5.41) is 3.81. The standard InChI is InChI=1S/C18H30ClN5O3S.HI/c1-15(2)27-12-13-28(25,26)24-10-8-23(9-11-24)18(20-3)21-7-6-16-4-5-17(19)22-14-16;/h4-5,14-15H,6-13H2,1-3H3,(H,20,21);1H. The van der Waals surface area contributed by atoms with Crippen LogP contribution in [0, 0.1) is 0 Å². The molecule has 2 heterocycles. The van der Waals surface area contributed by atoms with Crippen LogP contribution < -0.4 is 5.32 Å². The molecule has 1 fully saturated rings. The van der Waals surface area contributed by atoms with Gasteiger partial charge in [-0.05, 0) is 31.9 Å². The van der Waals surface area contributed by atoms with E-state index in [2.05, 4.69) is 20.2 Å². The number of rotatable bonds is 8. The van der Waals surface area contributed by atoms with Crippen molar-refractivity contribution >= 4 is 51.6 Å². The summed E-state index contributed by atoms with van der Waals surface area (Å²) in [5.74, 6) is 0.801. The van der Waals surface area contributed by atoms with Crippen LogP contribution in [0.3, 0.4) is 0 Å². The first-order valence-corrected chi connectivity index (χ1v) is 11.5. The zero-order valence-electron chi connectivity index (χ0n) is 17.2. The van der Waals surface area contributed by atoms with Crippen molar-refractivity contribution in [3.8, 4) is 0 Å². The van der Waals surface area contributed by atoms with Crippen molar-refractivity contribution in [3.05, 3.63) is 29.0 Å². The SMILES string of the molecule is CN=C(NCCc1ccc(Cl)nc1)N1CCN(S(=O)(=O)CCOC(C)C)CC1.I. The van der Waals surface area contributed by atoms with Gasteiger partial charge in [-0.1, -0.05) is 17.7 Å². The summed E-state index contributed by atoms with van der Waals surface area (Å²) in [7, 11) is -1.55. The van der Waals surface area contributed by atoms with Crippen molar-refractivity contribution in [2.45, 2.75) is 26.4 Å². The zero-order valence-corrected chi connectivity index (χ0v) is 21.1. The minimum absolute atomic E-state index is 0. The van der Waals surface area contributed by atoms with Crippen molar-refractivity contribution in [2.24, 2.45) is 4.99 Å². The summed E-state index contributed by atoms with van der Waals surface area (Å²) in [5.41, 5.74) is 1.09. The van der Waals surface area contributed by atoms with Crippen LogP contribution in [0.25, 0.3) is 0 Å². The Balaban J connectivity index is 0.00000420. The van der Waals surface area contributed by atoms with Crippen molar-refractivity contribution < 1.29 is 13.2 Å². The van der Waals surface area contributed by atoms with Crippen molar-refractivity contribution in [3.63, 3.8) is 0 Å². The number of aromatic nitrogens is 1. The summed E-state index contributed by atoms with van der Waals surface area (Å²) in [6.07, 6.45) is 2.59. The predicted molar refractivity (Wildman–Crippen MR) is 128 cm³/mol. The van der Waals surface area contributed by atoms with Gasteiger partial charge in [0.2, 0.25) is 10.0 Å². The van der Waals surface area contributed by atoms with Gasteiger partial charge in [-0.2, -0.15) is 4.31 Å². The van der Waals surface area contributed by atoms with Crippen LogP contribution in [-0.4, -0.2) is 86.8 Å². The number of hydrogen-bond acceptors (Lipinski definition) is 5. The number of hydrogen-bond donors (Lipinski definition) is 1. The largest absolute Gasteiger partial charge is 0.378 e. The van der Waals surface area contributed by atoms with Gasteiger partial charge in [-0.15, -0.1) is 24.0 Å². The van der Waals surface area contributed by atoms with Gasteiger partial charge in [0.1, 0.15) is 5.15 Å². The van der Waals surface area contributed by atoms with Gasteiger partial charge in [0.05, 0.1) is 18.5 Å². The minimum Gasteiger partial charge on any atom is -0.378 e. The Bertz CT molecular complexity index is 738. The molecule has 1 aromatic rings. The van der Waals surface area contributed by atoms with E-state index in [4.69, 9.17) is 16.3 Å². The average Bonchev–Trinajstić information content (AvgIpc) is 2.66. The number of nitrogens with one attached hydrogen (secondary N) is 1. The second-order valence-corrected chi connectivity index (χ2v) is 9.31. The molecule has 0 aliphatic carbocycles. The summed E-state index contributed by atoms with van der Waals surface area (Å²) in [6, 6.07) is 3.73. The molecular weight excluding hydrogens is 529 g/mol. The summed E-state index contributed by atoms with van der Waals surface area (Å²) < 4.78 is 31.8. The number of halogens is 2. The lowest BCUT2D eigenvalue weighted by molar-refractivity contribution is 0.0904. The Morgan fingerprint density at radius 2 is 2.00 bits per heavy atom. The van der Waals surface area contributed by atoms with Crippen LogP contribution in [0.15, 0.2) is 23.3 Å². The van der Waals surface area contributed by atoms with E-state index in [-0.39, 0.29) is 42.4 Å². The fourth-order valence-corrected chi connectivity index (χ4v) is 4.30. The normalized spacial score (nSPS) is 16.0. The van der Waals surface area contributed by atoms with Crippen molar-refractivity contribution in [2.75, 3.05) is 52.1 Å². The number of piperazine rings is 1. The molecule has 166 valence electrons. The predicted octanol–water partition coefficient (Wildman–Crippen LogP) is 1.84. The quantitative estimate of drug-likeness (QED) is 0.226. The van der Waals surface area contributed by atoms with Gasteiger partial charge in [0.15, 0.2) is 5.96 Å². The molecule has 0 atom stereocenters. The first kappa shape index (κ1) is 26.3. The van der Waals surface area contributed by atoms with Crippen LogP contribution in [-0.2, 0) is 21.2 Å². The van der Waals surface area contributed by atoms with E-state index in [1.165, 1.54) is 0 Å². The van der Waals surface area contributed by atoms with E-state index < -0.39 is 10.0 Å². The van der Waals surface area contributed by atoms with E-state index in [9.17, 15) is 8.42 Å². The molecule has 0 amide bonds. The molecule has 11 heteroatoms. The third-order valence-corrected chi connectivity index (χ3v) is 6.48. The summed E-state index contributed by atoms with van der Waals surface area (Å²) >= 11 is 5.80. The van der Waals surface area contributed by atoms with Gasteiger partial charge in [0.25, 0.3) is 0 Å². The van der Waals surface area contributed by atoms with Crippen molar-refractivity contribution in [1.82, 2.24) is 19.5 Å². The molecule has 8 nitrogen and oxygen atoms in total. The molecule has 0 unspecified atom stereocenters. The van der Waals surface area contributed by atoms with Crippen LogP contribution in [0.5, 0.6) is 0 Å². The highest BCUT2D eigenvalue weighted by Gasteiger charge is 2.27. The molecule has 1 aromatic heterocycles. The van der Waals surface area contributed by atoms with Gasteiger partial charge >= 0.3 is 0 Å². The fourth-order valence-electron chi connectivity index (χ4n) is 2.90. The Morgan fingerprint density at radius 3 is 2.55 bits per heavy atom. The van der Waals surface area contributed by atoms with Gasteiger partial charge in [0, 0.05) is 46.0 Å². The number of pyridine rings is 1.